The van der Waals surface area contributed by atoms with E-state index >= 15 is 0 Å². The molecular weight excluding hydrogens is 206 g/mol. The van der Waals surface area contributed by atoms with Gasteiger partial charge in [0.1, 0.15) is 5.75 Å². The maximum atomic E-state index is 5.94. The molecule has 2 aromatic rings. The van der Waals surface area contributed by atoms with Gasteiger partial charge in [-0.1, -0.05) is 12.1 Å². The predicted molar refractivity (Wildman–Crippen MR) is 65.7 cm³/mol. The second-order valence-corrected chi connectivity index (χ2v) is 4.77. The number of rotatable bonds is 2. The van der Waals surface area contributed by atoms with Gasteiger partial charge in [-0.3, -0.25) is 0 Å². The third kappa shape index (κ3) is 1.62. The number of hydrogen-bond donors (Lipinski definition) is 1. The maximum absolute atomic E-state index is 5.94. The summed E-state index contributed by atoms with van der Waals surface area (Å²) < 4.78 is 6.54. The third-order valence-corrected chi connectivity index (χ3v) is 4.12. The van der Waals surface area contributed by atoms with Crippen LogP contribution in [0.3, 0.4) is 0 Å². The summed E-state index contributed by atoms with van der Waals surface area (Å²) in [5.41, 5.74) is 7.22. The van der Waals surface area contributed by atoms with Crippen molar-refractivity contribution in [3.63, 3.8) is 0 Å². The Morgan fingerprint density at radius 3 is 2.73 bits per heavy atom. The Kier molecular flexibility index (Phi) is 2.67. The molecule has 0 saturated heterocycles. The Labute approximate surface area is 93.7 Å². The highest BCUT2D eigenvalue weighted by Gasteiger charge is 2.13. The third-order valence-electron chi connectivity index (χ3n) is 2.60. The van der Waals surface area contributed by atoms with Crippen LogP contribution in [0.5, 0.6) is 5.75 Å². The normalized spacial score (nSPS) is 13.1. The molecule has 0 fully saturated rings. The molecule has 0 amide bonds. The first kappa shape index (κ1) is 10.5. The summed E-state index contributed by atoms with van der Waals surface area (Å²) in [5.74, 6) is 0.938. The van der Waals surface area contributed by atoms with Crippen molar-refractivity contribution in [1.82, 2.24) is 0 Å². The van der Waals surface area contributed by atoms with Gasteiger partial charge >= 0.3 is 0 Å². The zero-order valence-corrected chi connectivity index (χ0v) is 10.0. The summed E-state index contributed by atoms with van der Waals surface area (Å²) in [4.78, 5) is 1.24. The number of ether oxygens (including phenoxy) is 1. The second-order valence-electron chi connectivity index (χ2n) is 3.72. The summed E-state index contributed by atoms with van der Waals surface area (Å²) >= 11 is 1.73. The Balaban J connectivity index is 2.75. The quantitative estimate of drug-likeness (QED) is 0.845. The minimum absolute atomic E-state index is 0.0899. The van der Waals surface area contributed by atoms with Gasteiger partial charge in [-0.2, -0.15) is 0 Å². The van der Waals surface area contributed by atoms with Gasteiger partial charge in [0.2, 0.25) is 0 Å². The van der Waals surface area contributed by atoms with E-state index in [1.54, 1.807) is 18.4 Å². The van der Waals surface area contributed by atoms with Crippen LogP contribution in [-0.4, -0.2) is 7.11 Å². The number of thiophene rings is 1. The average Bonchev–Trinajstić information content (AvgIpc) is 2.56. The second kappa shape index (κ2) is 3.83. The van der Waals surface area contributed by atoms with Crippen LogP contribution in [0.25, 0.3) is 10.1 Å². The molecule has 2 N–H and O–H groups in total. The van der Waals surface area contributed by atoms with Crippen molar-refractivity contribution in [2.45, 2.75) is 19.9 Å². The van der Waals surface area contributed by atoms with Crippen LogP contribution in [-0.2, 0) is 0 Å². The Morgan fingerprint density at radius 2 is 2.13 bits per heavy atom. The van der Waals surface area contributed by atoms with Crippen LogP contribution in [0.15, 0.2) is 18.2 Å². The van der Waals surface area contributed by atoms with Crippen molar-refractivity contribution in [1.29, 1.82) is 0 Å². The molecule has 0 radical (unpaired) electrons. The summed E-state index contributed by atoms with van der Waals surface area (Å²) in [6.07, 6.45) is 0. The van der Waals surface area contributed by atoms with E-state index < -0.39 is 0 Å². The summed E-state index contributed by atoms with van der Waals surface area (Å²) in [5, 5.41) is 1.26. The zero-order valence-electron chi connectivity index (χ0n) is 9.20. The van der Waals surface area contributed by atoms with E-state index in [-0.39, 0.29) is 6.04 Å². The predicted octanol–water partition coefficient (Wildman–Crippen LogP) is 3.24. The van der Waals surface area contributed by atoms with Crippen LogP contribution in [0, 0.1) is 6.92 Å². The van der Waals surface area contributed by atoms with Crippen molar-refractivity contribution in [3.05, 3.63) is 28.6 Å². The number of benzene rings is 1. The molecule has 2 nitrogen and oxygen atoms in total. The highest BCUT2D eigenvalue weighted by Crippen LogP contribution is 2.38. The Morgan fingerprint density at radius 1 is 1.40 bits per heavy atom. The van der Waals surface area contributed by atoms with Crippen molar-refractivity contribution >= 4 is 21.4 Å². The lowest BCUT2D eigenvalue weighted by Crippen LogP contribution is -2.03. The maximum Gasteiger partial charge on any atom is 0.136 e. The highest BCUT2D eigenvalue weighted by molar-refractivity contribution is 7.19. The molecule has 80 valence electrons. The molecule has 1 aromatic carbocycles. The molecule has 0 bridgehead atoms. The Hall–Kier alpha value is -1.06. The zero-order chi connectivity index (χ0) is 11.0. The minimum Gasteiger partial charge on any atom is -0.495 e. The molecule has 0 aliphatic carbocycles. The largest absolute Gasteiger partial charge is 0.495 e. The van der Waals surface area contributed by atoms with E-state index in [1.807, 2.05) is 19.1 Å². The molecule has 15 heavy (non-hydrogen) atoms. The van der Waals surface area contributed by atoms with E-state index in [1.165, 1.54) is 20.5 Å². The van der Waals surface area contributed by atoms with Gasteiger partial charge < -0.3 is 10.5 Å². The molecule has 2 rings (SSSR count). The molecule has 1 aromatic heterocycles. The molecule has 0 aliphatic heterocycles. The number of methoxy groups -OCH3 is 1. The van der Waals surface area contributed by atoms with Gasteiger partial charge in [0, 0.05) is 10.9 Å². The SMILES string of the molecule is COc1cccc2c(C)c(C(C)N)sc12. The molecule has 3 heteroatoms. The van der Waals surface area contributed by atoms with Crippen molar-refractivity contribution in [2.75, 3.05) is 7.11 Å². The summed E-state index contributed by atoms with van der Waals surface area (Å²) in [6.45, 7) is 4.14. The van der Waals surface area contributed by atoms with Gasteiger partial charge in [-0.25, -0.2) is 0 Å². The molecule has 1 atom stereocenters. The fourth-order valence-electron chi connectivity index (χ4n) is 1.83. The Bertz CT molecular complexity index is 488. The van der Waals surface area contributed by atoms with Gasteiger partial charge in [0.15, 0.2) is 0 Å². The highest BCUT2D eigenvalue weighted by atomic mass is 32.1. The monoisotopic (exact) mass is 221 g/mol. The first-order chi connectivity index (χ1) is 7.15. The number of nitrogens with two attached hydrogens (primary N) is 1. The van der Waals surface area contributed by atoms with Gasteiger partial charge in [-0.15, -0.1) is 11.3 Å². The van der Waals surface area contributed by atoms with Crippen LogP contribution >= 0.6 is 11.3 Å². The van der Waals surface area contributed by atoms with Crippen molar-refractivity contribution in [2.24, 2.45) is 5.73 Å². The number of aryl methyl sites for hydroxylation is 1. The van der Waals surface area contributed by atoms with Crippen LogP contribution in [0.1, 0.15) is 23.4 Å². The van der Waals surface area contributed by atoms with E-state index in [4.69, 9.17) is 10.5 Å². The van der Waals surface area contributed by atoms with E-state index in [0.29, 0.717) is 0 Å². The molecule has 0 spiro atoms. The average molecular weight is 221 g/mol. The van der Waals surface area contributed by atoms with Crippen molar-refractivity contribution < 1.29 is 4.74 Å². The molecule has 1 unspecified atom stereocenters. The lowest BCUT2D eigenvalue weighted by molar-refractivity contribution is 0.420. The van der Waals surface area contributed by atoms with E-state index in [9.17, 15) is 0 Å². The van der Waals surface area contributed by atoms with Crippen LogP contribution in [0.4, 0.5) is 0 Å². The van der Waals surface area contributed by atoms with Gasteiger partial charge in [0.05, 0.1) is 11.8 Å². The lowest BCUT2D eigenvalue weighted by Gasteiger charge is -2.01. The van der Waals surface area contributed by atoms with E-state index in [0.717, 1.165) is 5.75 Å². The smallest absolute Gasteiger partial charge is 0.136 e. The minimum atomic E-state index is 0.0899. The molecule has 0 saturated carbocycles. The van der Waals surface area contributed by atoms with Gasteiger partial charge in [0.25, 0.3) is 0 Å². The topological polar surface area (TPSA) is 35.2 Å². The molecule has 0 aliphatic rings. The fraction of sp³-hybridized carbons (Fsp3) is 0.333. The molecule has 1 heterocycles. The lowest BCUT2D eigenvalue weighted by atomic mass is 10.1. The van der Waals surface area contributed by atoms with Crippen molar-refractivity contribution in [3.8, 4) is 5.75 Å². The summed E-state index contributed by atoms with van der Waals surface area (Å²) in [6, 6.07) is 6.22. The van der Waals surface area contributed by atoms with Gasteiger partial charge in [-0.05, 0) is 30.9 Å². The van der Waals surface area contributed by atoms with Crippen LogP contribution < -0.4 is 10.5 Å². The summed E-state index contributed by atoms with van der Waals surface area (Å²) in [7, 11) is 1.70. The number of fused-ring (bicyclic) bond motifs is 1. The first-order valence-electron chi connectivity index (χ1n) is 4.96. The number of hydrogen-bond acceptors (Lipinski definition) is 3. The van der Waals surface area contributed by atoms with E-state index in [2.05, 4.69) is 13.0 Å². The fourth-order valence-corrected chi connectivity index (χ4v) is 3.08. The first-order valence-corrected chi connectivity index (χ1v) is 5.78. The molecular formula is C12H15NOS. The standard InChI is InChI=1S/C12H15NOS/c1-7-9-5-4-6-10(14-3)12(9)15-11(7)8(2)13/h4-6,8H,13H2,1-3H3. The van der Waals surface area contributed by atoms with Crippen LogP contribution in [0.2, 0.25) is 0 Å².